The summed E-state index contributed by atoms with van der Waals surface area (Å²) in [7, 11) is 0. The predicted octanol–water partition coefficient (Wildman–Crippen LogP) is 2.59. The van der Waals surface area contributed by atoms with Gasteiger partial charge in [0, 0.05) is 6.04 Å². The lowest BCUT2D eigenvalue weighted by Gasteiger charge is -2.17. The van der Waals surface area contributed by atoms with Crippen molar-refractivity contribution < 1.29 is 4.79 Å². The highest BCUT2D eigenvalue weighted by Gasteiger charge is 2.13. The maximum atomic E-state index is 11.6. The zero-order valence-electron chi connectivity index (χ0n) is 7.90. The highest BCUT2D eigenvalue weighted by molar-refractivity contribution is 7.12. The number of carbonyl (C=O) groups is 1. The van der Waals surface area contributed by atoms with Crippen LogP contribution in [0.4, 0.5) is 0 Å². The second-order valence-corrected chi connectivity index (χ2v) is 4.36. The van der Waals surface area contributed by atoms with E-state index < -0.39 is 0 Å². The third-order valence-electron chi connectivity index (χ3n) is 2.32. The molecule has 0 fully saturated rings. The summed E-state index contributed by atoms with van der Waals surface area (Å²) in [4.78, 5) is 12.4. The predicted molar refractivity (Wildman–Crippen MR) is 58.6 cm³/mol. The molecule has 1 aliphatic rings. The Bertz CT molecular complexity index is 329. The molecule has 1 N–H and O–H groups in total. The van der Waals surface area contributed by atoms with E-state index in [1.54, 1.807) is 0 Å². The second kappa shape index (κ2) is 4.42. The average molecular weight is 207 g/mol. The summed E-state index contributed by atoms with van der Waals surface area (Å²) in [5, 5.41) is 4.93. The first-order chi connectivity index (χ1) is 6.86. The van der Waals surface area contributed by atoms with Crippen LogP contribution in [0, 0.1) is 0 Å². The molecule has 1 unspecified atom stereocenters. The molecular formula is C11H13NOS. The fourth-order valence-corrected chi connectivity index (χ4v) is 2.21. The Balaban J connectivity index is 1.94. The van der Waals surface area contributed by atoms with Gasteiger partial charge in [0.05, 0.1) is 4.88 Å². The topological polar surface area (TPSA) is 29.1 Å². The minimum absolute atomic E-state index is 0.0524. The molecular weight excluding hydrogens is 194 g/mol. The molecule has 0 bridgehead atoms. The van der Waals surface area contributed by atoms with Crippen molar-refractivity contribution in [1.82, 2.24) is 5.32 Å². The number of nitrogens with one attached hydrogen (secondary N) is 1. The maximum Gasteiger partial charge on any atom is 0.261 e. The van der Waals surface area contributed by atoms with Crippen molar-refractivity contribution in [1.29, 1.82) is 0 Å². The van der Waals surface area contributed by atoms with Crippen LogP contribution in [0.5, 0.6) is 0 Å². The van der Waals surface area contributed by atoms with E-state index >= 15 is 0 Å². The molecule has 1 aromatic rings. The molecule has 0 spiro atoms. The Morgan fingerprint density at radius 2 is 2.50 bits per heavy atom. The Morgan fingerprint density at radius 1 is 1.57 bits per heavy atom. The first-order valence-corrected chi connectivity index (χ1v) is 5.75. The van der Waals surface area contributed by atoms with Gasteiger partial charge < -0.3 is 5.32 Å². The van der Waals surface area contributed by atoms with E-state index in [1.165, 1.54) is 17.8 Å². The smallest absolute Gasteiger partial charge is 0.261 e. The van der Waals surface area contributed by atoms with Crippen molar-refractivity contribution in [3.63, 3.8) is 0 Å². The Hall–Kier alpha value is -1.09. The number of amides is 1. The molecule has 1 aliphatic carbocycles. The van der Waals surface area contributed by atoms with Crippen molar-refractivity contribution in [2.45, 2.75) is 25.3 Å². The molecule has 0 radical (unpaired) electrons. The molecule has 0 aromatic carbocycles. The molecule has 0 saturated heterocycles. The van der Waals surface area contributed by atoms with Crippen LogP contribution in [0.3, 0.4) is 0 Å². The van der Waals surface area contributed by atoms with Crippen LogP contribution in [-0.4, -0.2) is 11.9 Å². The van der Waals surface area contributed by atoms with Gasteiger partial charge in [-0.3, -0.25) is 4.79 Å². The molecule has 1 amide bonds. The van der Waals surface area contributed by atoms with E-state index in [9.17, 15) is 4.79 Å². The molecule has 2 nitrogen and oxygen atoms in total. The van der Waals surface area contributed by atoms with Crippen LogP contribution in [0.1, 0.15) is 28.9 Å². The number of rotatable bonds is 2. The van der Waals surface area contributed by atoms with Crippen LogP contribution < -0.4 is 5.32 Å². The number of allylic oxidation sites excluding steroid dienone is 1. The highest BCUT2D eigenvalue weighted by Crippen LogP contribution is 2.13. The van der Waals surface area contributed by atoms with Crippen molar-refractivity contribution in [2.75, 3.05) is 0 Å². The summed E-state index contributed by atoms with van der Waals surface area (Å²) >= 11 is 1.48. The lowest BCUT2D eigenvalue weighted by atomic mass is 10.0. The zero-order chi connectivity index (χ0) is 9.80. The van der Waals surface area contributed by atoms with Crippen LogP contribution in [0.2, 0.25) is 0 Å². The summed E-state index contributed by atoms with van der Waals surface area (Å²) in [6, 6.07) is 3.99. The van der Waals surface area contributed by atoms with Gasteiger partial charge in [0.1, 0.15) is 0 Å². The third kappa shape index (κ3) is 2.23. The molecule has 1 heterocycles. The van der Waals surface area contributed by atoms with Gasteiger partial charge in [-0.1, -0.05) is 18.2 Å². The van der Waals surface area contributed by atoms with E-state index in [1.807, 2.05) is 17.5 Å². The van der Waals surface area contributed by atoms with Gasteiger partial charge in [-0.2, -0.15) is 0 Å². The minimum atomic E-state index is 0.0524. The van der Waals surface area contributed by atoms with Crippen molar-refractivity contribution in [2.24, 2.45) is 0 Å². The van der Waals surface area contributed by atoms with Crippen LogP contribution in [-0.2, 0) is 0 Å². The van der Waals surface area contributed by atoms with Crippen LogP contribution >= 0.6 is 11.3 Å². The molecule has 1 aromatic heterocycles. The molecule has 2 rings (SSSR count). The van der Waals surface area contributed by atoms with E-state index in [0.717, 1.165) is 17.7 Å². The Kier molecular flexibility index (Phi) is 2.99. The van der Waals surface area contributed by atoms with Crippen LogP contribution in [0.25, 0.3) is 0 Å². The van der Waals surface area contributed by atoms with E-state index in [2.05, 4.69) is 17.5 Å². The van der Waals surface area contributed by atoms with E-state index in [0.29, 0.717) is 0 Å². The quantitative estimate of drug-likeness (QED) is 0.742. The number of thiophene rings is 1. The van der Waals surface area contributed by atoms with Gasteiger partial charge >= 0.3 is 0 Å². The van der Waals surface area contributed by atoms with Gasteiger partial charge in [0.15, 0.2) is 0 Å². The average Bonchev–Trinajstić information content (AvgIpc) is 2.72. The zero-order valence-corrected chi connectivity index (χ0v) is 8.72. The number of hydrogen-bond donors (Lipinski definition) is 1. The molecule has 0 aliphatic heterocycles. The molecule has 14 heavy (non-hydrogen) atoms. The molecule has 74 valence electrons. The normalized spacial score (nSPS) is 20.7. The van der Waals surface area contributed by atoms with Gasteiger partial charge in [0.25, 0.3) is 5.91 Å². The summed E-state index contributed by atoms with van der Waals surface area (Å²) in [6.07, 6.45) is 7.61. The molecule has 3 heteroatoms. The molecule has 0 saturated carbocycles. The highest BCUT2D eigenvalue weighted by atomic mass is 32.1. The summed E-state index contributed by atoms with van der Waals surface area (Å²) in [5.41, 5.74) is 0. The first-order valence-electron chi connectivity index (χ1n) is 4.87. The van der Waals surface area contributed by atoms with Crippen molar-refractivity contribution in [3.8, 4) is 0 Å². The monoisotopic (exact) mass is 207 g/mol. The largest absolute Gasteiger partial charge is 0.345 e. The van der Waals surface area contributed by atoms with Crippen molar-refractivity contribution in [3.05, 3.63) is 34.5 Å². The second-order valence-electron chi connectivity index (χ2n) is 3.42. The Morgan fingerprint density at radius 3 is 3.14 bits per heavy atom. The standard InChI is InChI=1S/C11H13NOS/c13-11(10-7-4-8-14-10)12-9-5-2-1-3-6-9/h2,4-5,7-9H,1,3,6H2,(H,12,13). The summed E-state index contributed by atoms with van der Waals surface area (Å²) in [6.45, 7) is 0. The third-order valence-corrected chi connectivity index (χ3v) is 3.18. The first kappa shape index (κ1) is 9.46. The minimum Gasteiger partial charge on any atom is -0.345 e. The Labute approximate surface area is 87.6 Å². The van der Waals surface area contributed by atoms with E-state index in [4.69, 9.17) is 0 Å². The lowest BCUT2D eigenvalue weighted by Crippen LogP contribution is -2.33. The lowest BCUT2D eigenvalue weighted by molar-refractivity contribution is 0.0946. The van der Waals surface area contributed by atoms with Gasteiger partial charge in [-0.15, -0.1) is 11.3 Å². The SMILES string of the molecule is O=C(NC1C=CCCC1)c1cccs1. The van der Waals surface area contributed by atoms with Gasteiger partial charge in [-0.05, 0) is 30.7 Å². The van der Waals surface area contributed by atoms with Gasteiger partial charge in [0.2, 0.25) is 0 Å². The van der Waals surface area contributed by atoms with E-state index in [-0.39, 0.29) is 11.9 Å². The van der Waals surface area contributed by atoms with Crippen LogP contribution in [0.15, 0.2) is 29.7 Å². The number of carbonyl (C=O) groups excluding carboxylic acids is 1. The summed E-state index contributed by atoms with van der Waals surface area (Å²) in [5.74, 6) is 0.0524. The van der Waals surface area contributed by atoms with Crippen molar-refractivity contribution >= 4 is 17.2 Å². The fraction of sp³-hybridized carbons (Fsp3) is 0.364. The maximum absolute atomic E-state index is 11.6. The summed E-state index contributed by atoms with van der Waals surface area (Å²) < 4.78 is 0. The molecule has 1 atom stereocenters. The van der Waals surface area contributed by atoms with Gasteiger partial charge in [-0.25, -0.2) is 0 Å². The fourth-order valence-electron chi connectivity index (χ4n) is 1.58. The number of hydrogen-bond acceptors (Lipinski definition) is 2.